The summed E-state index contributed by atoms with van der Waals surface area (Å²) < 4.78 is 24.5. The molecule has 27 heavy (non-hydrogen) atoms. The number of carbonyl (C=O) groups is 1. The van der Waals surface area contributed by atoms with Gasteiger partial charge in [0.25, 0.3) is 0 Å². The number of ketones is 1. The topological polar surface area (TPSA) is 129 Å². The van der Waals surface area contributed by atoms with E-state index in [0.29, 0.717) is 24.1 Å². The maximum absolute atomic E-state index is 12.9. The van der Waals surface area contributed by atoms with E-state index in [-0.39, 0.29) is 16.0 Å². The van der Waals surface area contributed by atoms with Gasteiger partial charge in [-0.25, -0.2) is 8.42 Å². The van der Waals surface area contributed by atoms with Crippen molar-refractivity contribution in [1.29, 1.82) is 5.41 Å². The van der Waals surface area contributed by atoms with Gasteiger partial charge >= 0.3 is 0 Å². The van der Waals surface area contributed by atoms with Gasteiger partial charge in [-0.15, -0.1) is 0 Å². The molecular weight excluding hydrogens is 370 g/mol. The van der Waals surface area contributed by atoms with Crippen molar-refractivity contribution in [2.45, 2.75) is 38.2 Å². The van der Waals surface area contributed by atoms with Gasteiger partial charge in [0.15, 0.2) is 27.6 Å². The number of Topliss-reactive ketones (excluding diaryl/α,β-unsaturated/α-hetero) is 1. The summed E-state index contributed by atoms with van der Waals surface area (Å²) in [6.07, 6.45) is 1.66. The highest BCUT2D eigenvalue weighted by molar-refractivity contribution is 7.90. The summed E-state index contributed by atoms with van der Waals surface area (Å²) in [4.78, 5) is 18.3. The number of rotatable bonds is 7. The van der Waals surface area contributed by atoms with Gasteiger partial charge in [-0.1, -0.05) is 5.16 Å². The Morgan fingerprint density at radius 2 is 2.11 bits per heavy atom. The maximum Gasteiger partial charge on any atom is 0.200 e. The van der Waals surface area contributed by atoms with E-state index in [1.807, 2.05) is 0 Å². The van der Waals surface area contributed by atoms with E-state index in [0.717, 1.165) is 18.2 Å². The standard InChI is InChI=1S/C18H23N3O5S/c1-5-20-18(23)13(9-19)17(22)12-6-7-15(27(4,24)25)16(11(12)3)14-8-10(2)21-26-14/h6-7,9,14,19-20,23H,5,8H2,1-4H3/b18-13-,19-9?. The van der Waals surface area contributed by atoms with Crippen LogP contribution in [0.15, 0.2) is 33.6 Å². The Morgan fingerprint density at radius 3 is 2.59 bits per heavy atom. The number of hydrogen-bond donors (Lipinski definition) is 3. The van der Waals surface area contributed by atoms with Gasteiger partial charge in [0.05, 0.1) is 16.2 Å². The number of hydrogen-bond acceptors (Lipinski definition) is 8. The van der Waals surface area contributed by atoms with Crippen LogP contribution in [0.3, 0.4) is 0 Å². The first-order valence-corrected chi connectivity index (χ1v) is 10.3. The summed E-state index contributed by atoms with van der Waals surface area (Å²) in [5, 5.41) is 23.9. The maximum atomic E-state index is 12.9. The van der Waals surface area contributed by atoms with Crippen molar-refractivity contribution < 1.29 is 23.2 Å². The average molecular weight is 393 g/mol. The molecule has 0 bridgehead atoms. The van der Waals surface area contributed by atoms with Crippen molar-refractivity contribution in [2.75, 3.05) is 12.8 Å². The normalized spacial score (nSPS) is 17.6. The summed E-state index contributed by atoms with van der Waals surface area (Å²) in [5.74, 6) is -0.986. The predicted molar refractivity (Wildman–Crippen MR) is 102 cm³/mol. The Kier molecular flexibility index (Phi) is 6.04. The Bertz CT molecular complexity index is 948. The van der Waals surface area contributed by atoms with Crippen molar-refractivity contribution in [3.63, 3.8) is 0 Å². The first-order chi connectivity index (χ1) is 12.6. The van der Waals surface area contributed by atoms with Crippen LogP contribution >= 0.6 is 0 Å². The van der Waals surface area contributed by atoms with Crippen LogP contribution < -0.4 is 5.32 Å². The molecule has 9 heteroatoms. The zero-order valence-electron chi connectivity index (χ0n) is 15.7. The van der Waals surface area contributed by atoms with Crippen molar-refractivity contribution in [3.8, 4) is 0 Å². The highest BCUT2D eigenvalue weighted by atomic mass is 32.2. The van der Waals surface area contributed by atoms with E-state index in [1.54, 1.807) is 20.8 Å². The molecule has 0 aromatic heterocycles. The number of nitrogens with one attached hydrogen (secondary N) is 2. The number of benzene rings is 1. The lowest BCUT2D eigenvalue weighted by molar-refractivity contribution is 0.0830. The SMILES string of the molecule is CCN/C(O)=C(\C=N)C(=O)c1ccc(S(C)(=O)=O)c(C2CC(C)=NO2)c1C. The van der Waals surface area contributed by atoms with Crippen LogP contribution in [0, 0.1) is 12.3 Å². The van der Waals surface area contributed by atoms with Crippen LogP contribution in [-0.2, 0) is 14.7 Å². The number of oxime groups is 1. The van der Waals surface area contributed by atoms with Crippen LogP contribution in [0.25, 0.3) is 0 Å². The molecule has 1 atom stereocenters. The van der Waals surface area contributed by atoms with Crippen LogP contribution in [0.5, 0.6) is 0 Å². The molecule has 0 saturated heterocycles. The van der Waals surface area contributed by atoms with Gasteiger partial charge in [-0.05, 0) is 38.5 Å². The third-order valence-corrected chi connectivity index (χ3v) is 5.40. The number of carbonyl (C=O) groups excluding carboxylic acids is 1. The summed E-state index contributed by atoms with van der Waals surface area (Å²) in [6.45, 7) is 5.52. The van der Waals surface area contributed by atoms with Gasteiger partial charge in [0, 0.05) is 36.6 Å². The fraction of sp³-hybridized carbons (Fsp3) is 0.389. The average Bonchev–Trinajstić information content (AvgIpc) is 3.00. The molecule has 146 valence electrons. The molecule has 1 aromatic rings. The Labute approximate surface area is 158 Å². The Balaban J connectivity index is 2.65. The third-order valence-electron chi connectivity index (χ3n) is 4.25. The van der Waals surface area contributed by atoms with Crippen molar-refractivity contribution in [3.05, 3.63) is 40.3 Å². The largest absolute Gasteiger partial charge is 0.494 e. The lowest BCUT2D eigenvalue weighted by Crippen LogP contribution is -2.20. The molecule has 3 N–H and O–H groups in total. The Morgan fingerprint density at radius 1 is 1.44 bits per heavy atom. The molecule has 0 amide bonds. The molecule has 8 nitrogen and oxygen atoms in total. The lowest BCUT2D eigenvalue weighted by Gasteiger charge is -2.19. The zero-order chi connectivity index (χ0) is 20.4. The highest BCUT2D eigenvalue weighted by Gasteiger charge is 2.31. The minimum atomic E-state index is -3.56. The van der Waals surface area contributed by atoms with E-state index in [4.69, 9.17) is 10.2 Å². The Hall–Kier alpha value is -2.68. The minimum absolute atomic E-state index is 0.0720. The molecule has 0 fully saturated rings. The van der Waals surface area contributed by atoms with E-state index in [2.05, 4.69) is 10.5 Å². The monoisotopic (exact) mass is 393 g/mol. The molecule has 1 aromatic carbocycles. The molecule has 0 radical (unpaired) electrons. The molecule has 1 aliphatic heterocycles. The van der Waals surface area contributed by atoms with Crippen LogP contribution in [0.1, 0.15) is 47.9 Å². The van der Waals surface area contributed by atoms with Gasteiger partial charge in [0.2, 0.25) is 0 Å². The van der Waals surface area contributed by atoms with Gasteiger partial charge in [-0.3, -0.25) is 4.79 Å². The minimum Gasteiger partial charge on any atom is -0.494 e. The van der Waals surface area contributed by atoms with Crippen molar-refractivity contribution in [1.82, 2.24) is 5.32 Å². The van der Waals surface area contributed by atoms with Crippen molar-refractivity contribution in [2.24, 2.45) is 5.16 Å². The third kappa shape index (κ3) is 4.19. The first kappa shape index (κ1) is 20.6. The highest BCUT2D eigenvalue weighted by Crippen LogP contribution is 2.36. The second-order valence-electron chi connectivity index (χ2n) is 6.31. The fourth-order valence-corrected chi connectivity index (χ4v) is 3.97. The van der Waals surface area contributed by atoms with E-state index in [1.165, 1.54) is 12.1 Å². The second-order valence-corrected chi connectivity index (χ2v) is 8.30. The number of nitrogens with zero attached hydrogens (tertiary/aromatic N) is 1. The van der Waals surface area contributed by atoms with Crippen LogP contribution in [0.2, 0.25) is 0 Å². The molecule has 0 spiro atoms. The van der Waals surface area contributed by atoms with E-state index >= 15 is 0 Å². The summed E-state index contributed by atoms with van der Waals surface area (Å²) in [5.41, 5.74) is 1.49. The van der Waals surface area contributed by atoms with Crippen LogP contribution in [-0.4, -0.2) is 44.0 Å². The van der Waals surface area contributed by atoms with Crippen molar-refractivity contribution >= 4 is 27.5 Å². The number of allylic oxidation sites excluding steroid dienone is 1. The molecule has 1 aliphatic rings. The lowest BCUT2D eigenvalue weighted by atomic mass is 9.92. The second kappa shape index (κ2) is 7.91. The van der Waals surface area contributed by atoms with Gasteiger partial charge in [0.1, 0.15) is 0 Å². The molecule has 0 saturated carbocycles. The molecule has 0 aliphatic carbocycles. The number of aliphatic hydroxyl groups is 1. The first-order valence-electron chi connectivity index (χ1n) is 8.36. The molecular formula is C18H23N3O5S. The van der Waals surface area contributed by atoms with Gasteiger partial charge < -0.3 is 20.7 Å². The smallest absolute Gasteiger partial charge is 0.200 e. The quantitative estimate of drug-likeness (QED) is 0.282. The molecule has 1 unspecified atom stereocenters. The van der Waals surface area contributed by atoms with E-state index in [9.17, 15) is 18.3 Å². The predicted octanol–water partition coefficient (Wildman–Crippen LogP) is 2.45. The van der Waals surface area contributed by atoms with E-state index < -0.39 is 27.6 Å². The van der Waals surface area contributed by atoms with Crippen LogP contribution in [0.4, 0.5) is 0 Å². The number of aliphatic hydroxyl groups excluding tert-OH is 1. The molecule has 2 rings (SSSR count). The van der Waals surface area contributed by atoms with Gasteiger partial charge in [-0.2, -0.15) is 0 Å². The summed E-state index contributed by atoms with van der Waals surface area (Å²) in [6, 6.07) is 2.75. The fourth-order valence-electron chi connectivity index (χ4n) is 2.97. The summed E-state index contributed by atoms with van der Waals surface area (Å²) >= 11 is 0. The number of sulfone groups is 1. The zero-order valence-corrected chi connectivity index (χ0v) is 16.5. The molecule has 1 heterocycles. The summed E-state index contributed by atoms with van der Waals surface area (Å²) in [7, 11) is -3.56.